The zero-order valence-electron chi connectivity index (χ0n) is 18.2. The molecule has 6 heteroatoms. The highest BCUT2D eigenvalue weighted by molar-refractivity contribution is 9.09. The number of alkyl carbamates (subject to hydrolysis) is 1. The van der Waals surface area contributed by atoms with E-state index in [1.807, 2.05) is 33.8 Å². The average molecular weight is 458 g/mol. The molecule has 0 heterocycles. The van der Waals surface area contributed by atoms with Crippen LogP contribution < -0.4 is 14.8 Å². The van der Waals surface area contributed by atoms with Crippen LogP contribution in [0.3, 0.4) is 0 Å². The largest absolute Gasteiger partial charge is 0.496 e. The van der Waals surface area contributed by atoms with Crippen molar-refractivity contribution in [2.45, 2.75) is 77.9 Å². The standard InChI is InChI=1S/C22H36BrNO4/c1-16(24-21(25)28-22(2,3)4)13-18-15-19(26-5)17(14-20(18)27-6)11-9-7-8-10-12-23/h14-16H,7-13H2,1-6H3,(H,24,25). The highest BCUT2D eigenvalue weighted by atomic mass is 79.9. The van der Waals surface area contributed by atoms with Crippen LogP contribution in [0.2, 0.25) is 0 Å². The van der Waals surface area contributed by atoms with Gasteiger partial charge in [-0.2, -0.15) is 0 Å². The molecule has 0 aliphatic carbocycles. The lowest BCUT2D eigenvalue weighted by molar-refractivity contribution is 0.0508. The number of halogens is 1. The molecule has 0 aliphatic heterocycles. The number of unbranched alkanes of at least 4 members (excludes halogenated alkanes) is 3. The second-order valence-corrected chi connectivity index (χ2v) is 8.87. The van der Waals surface area contributed by atoms with Crippen LogP contribution >= 0.6 is 15.9 Å². The fourth-order valence-corrected chi connectivity index (χ4v) is 3.43. The molecule has 160 valence electrons. The topological polar surface area (TPSA) is 56.8 Å². The van der Waals surface area contributed by atoms with E-state index in [-0.39, 0.29) is 6.04 Å². The van der Waals surface area contributed by atoms with Gasteiger partial charge in [0, 0.05) is 11.4 Å². The molecule has 5 nitrogen and oxygen atoms in total. The van der Waals surface area contributed by atoms with Crippen LogP contribution in [-0.4, -0.2) is 37.3 Å². The number of carbonyl (C=O) groups excluding carboxylic acids is 1. The summed E-state index contributed by atoms with van der Waals surface area (Å²) >= 11 is 3.47. The van der Waals surface area contributed by atoms with Crippen molar-refractivity contribution < 1.29 is 19.0 Å². The van der Waals surface area contributed by atoms with Crippen molar-refractivity contribution in [3.63, 3.8) is 0 Å². The highest BCUT2D eigenvalue weighted by Crippen LogP contribution is 2.31. The van der Waals surface area contributed by atoms with Crippen LogP contribution in [0.15, 0.2) is 12.1 Å². The number of carbonyl (C=O) groups is 1. The van der Waals surface area contributed by atoms with Crippen molar-refractivity contribution in [3.8, 4) is 11.5 Å². The Bertz CT molecular complexity index is 613. The number of methoxy groups -OCH3 is 2. The Morgan fingerprint density at radius 3 is 2.18 bits per heavy atom. The Morgan fingerprint density at radius 1 is 1.04 bits per heavy atom. The van der Waals surface area contributed by atoms with E-state index in [9.17, 15) is 4.79 Å². The zero-order chi connectivity index (χ0) is 21.2. The third kappa shape index (κ3) is 9.18. The van der Waals surface area contributed by atoms with Crippen molar-refractivity contribution >= 4 is 22.0 Å². The van der Waals surface area contributed by atoms with Crippen LogP contribution in [-0.2, 0) is 17.6 Å². The van der Waals surface area contributed by atoms with Gasteiger partial charge < -0.3 is 19.5 Å². The fourth-order valence-electron chi connectivity index (χ4n) is 3.03. The summed E-state index contributed by atoms with van der Waals surface area (Å²) in [5.74, 6) is 1.70. The number of amides is 1. The number of rotatable bonds is 11. The first kappa shape index (κ1) is 24.6. The molecule has 0 bridgehead atoms. The molecule has 1 atom stereocenters. The number of benzene rings is 1. The molecule has 0 radical (unpaired) electrons. The maximum absolute atomic E-state index is 12.0. The summed E-state index contributed by atoms with van der Waals surface area (Å²) < 4.78 is 16.6. The van der Waals surface area contributed by atoms with E-state index in [2.05, 4.69) is 27.3 Å². The first-order valence-electron chi connectivity index (χ1n) is 9.99. The quantitative estimate of drug-likeness (QED) is 0.344. The highest BCUT2D eigenvalue weighted by Gasteiger charge is 2.19. The Labute approximate surface area is 178 Å². The minimum Gasteiger partial charge on any atom is -0.496 e. The molecule has 1 aromatic carbocycles. The number of hydrogen-bond donors (Lipinski definition) is 1. The molecule has 1 rings (SSSR count). The van der Waals surface area contributed by atoms with Gasteiger partial charge in [0.1, 0.15) is 17.1 Å². The molecule has 1 N–H and O–H groups in total. The molecule has 1 unspecified atom stereocenters. The smallest absolute Gasteiger partial charge is 0.407 e. The Kier molecular flexibility index (Phi) is 10.7. The third-order valence-corrected chi connectivity index (χ3v) is 4.86. The van der Waals surface area contributed by atoms with Gasteiger partial charge in [-0.15, -0.1) is 0 Å². The summed E-state index contributed by atoms with van der Waals surface area (Å²) in [6.45, 7) is 7.50. The minimum absolute atomic E-state index is 0.0939. The third-order valence-electron chi connectivity index (χ3n) is 4.30. The Balaban J connectivity index is 2.79. The van der Waals surface area contributed by atoms with Gasteiger partial charge in [-0.05, 0) is 76.6 Å². The second-order valence-electron chi connectivity index (χ2n) is 8.08. The summed E-state index contributed by atoms with van der Waals surface area (Å²) in [5, 5.41) is 3.94. The fraction of sp³-hybridized carbons (Fsp3) is 0.682. The molecule has 0 saturated carbocycles. The number of aryl methyl sites for hydroxylation is 1. The van der Waals surface area contributed by atoms with Gasteiger partial charge >= 0.3 is 6.09 Å². The molecular formula is C22H36BrNO4. The van der Waals surface area contributed by atoms with E-state index in [0.29, 0.717) is 6.42 Å². The molecule has 1 amide bonds. The van der Waals surface area contributed by atoms with E-state index < -0.39 is 11.7 Å². The predicted molar refractivity (Wildman–Crippen MR) is 118 cm³/mol. The van der Waals surface area contributed by atoms with Gasteiger partial charge in [0.25, 0.3) is 0 Å². The number of hydrogen-bond acceptors (Lipinski definition) is 4. The van der Waals surface area contributed by atoms with Gasteiger partial charge in [0.05, 0.1) is 14.2 Å². The van der Waals surface area contributed by atoms with Crippen molar-refractivity contribution in [1.82, 2.24) is 5.32 Å². The normalized spacial score (nSPS) is 12.4. The maximum Gasteiger partial charge on any atom is 0.407 e. The molecule has 0 aliphatic rings. The molecular weight excluding hydrogens is 422 g/mol. The van der Waals surface area contributed by atoms with Gasteiger partial charge in [-0.1, -0.05) is 28.8 Å². The minimum atomic E-state index is -0.513. The van der Waals surface area contributed by atoms with Gasteiger partial charge in [-0.3, -0.25) is 0 Å². The molecule has 0 fully saturated rings. The van der Waals surface area contributed by atoms with Gasteiger partial charge in [-0.25, -0.2) is 4.79 Å². The van der Waals surface area contributed by atoms with E-state index >= 15 is 0 Å². The van der Waals surface area contributed by atoms with Crippen molar-refractivity contribution in [2.75, 3.05) is 19.5 Å². The number of alkyl halides is 1. The van der Waals surface area contributed by atoms with Gasteiger partial charge in [0.15, 0.2) is 0 Å². The summed E-state index contributed by atoms with van der Waals surface area (Å²) in [4.78, 5) is 12.0. The van der Waals surface area contributed by atoms with Crippen LogP contribution in [0.25, 0.3) is 0 Å². The van der Waals surface area contributed by atoms with Crippen molar-refractivity contribution in [1.29, 1.82) is 0 Å². The van der Waals surface area contributed by atoms with Crippen LogP contribution in [0, 0.1) is 0 Å². The first-order valence-corrected chi connectivity index (χ1v) is 11.1. The monoisotopic (exact) mass is 457 g/mol. The number of ether oxygens (including phenoxy) is 3. The lowest BCUT2D eigenvalue weighted by Crippen LogP contribution is -2.38. The van der Waals surface area contributed by atoms with Gasteiger partial charge in [0.2, 0.25) is 0 Å². The van der Waals surface area contributed by atoms with E-state index in [1.165, 1.54) is 19.3 Å². The Hall–Kier alpha value is -1.43. The SMILES string of the molecule is COc1cc(CC(C)NC(=O)OC(C)(C)C)c(OC)cc1CCCCCCBr. The zero-order valence-corrected chi connectivity index (χ0v) is 19.8. The number of nitrogens with one attached hydrogen (secondary N) is 1. The van der Waals surface area contributed by atoms with E-state index in [1.54, 1.807) is 14.2 Å². The summed E-state index contributed by atoms with van der Waals surface area (Å²) in [6, 6.07) is 4.00. The van der Waals surface area contributed by atoms with Crippen molar-refractivity contribution in [2.24, 2.45) is 0 Å². The average Bonchev–Trinajstić information content (AvgIpc) is 2.60. The molecule has 0 aromatic heterocycles. The lowest BCUT2D eigenvalue weighted by Gasteiger charge is -2.22. The molecule has 28 heavy (non-hydrogen) atoms. The van der Waals surface area contributed by atoms with Crippen LogP contribution in [0.4, 0.5) is 4.79 Å². The maximum atomic E-state index is 12.0. The summed E-state index contributed by atoms with van der Waals surface area (Å²) in [7, 11) is 3.37. The first-order chi connectivity index (χ1) is 13.2. The van der Waals surface area contributed by atoms with E-state index in [4.69, 9.17) is 14.2 Å². The second kappa shape index (κ2) is 12.2. The predicted octanol–water partition coefficient (Wildman–Crippen LogP) is 5.66. The molecule has 0 spiro atoms. The summed E-state index contributed by atoms with van der Waals surface area (Å²) in [6.07, 6.45) is 5.96. The van der Waals surface area contributed by atoms with E-state index in [0.717, 1.165) is 40.8 Å². The Morgan fingerprint density at radius 2 is 1.61 bits per heavy atom. The lowest BCUT2D eigenvalue weighted by atomic mass is 9.99. The molecule has 1 aromatic rings. The van der Waals surface area contributed by atoms with Crippen LogP contribution in [0.1, 0.15) is 64.5 Å². The summed E-state index contributed by atoms with van der Waals surface area (Å²) in [5.41, 5.74) is 1.65. The van der Waals surface area contributed by atoms with Crippen LogP contribution in [0.5, 0.6) is 11.5 Å². The van der Waals surface area contributed by atoms with Crippen molar-refractivity contribution in [3.05, 3.63) is 23.3 Å². The molecule has 0 saturated heterocycles.